The van der Waals surface area contributed by atoms with Crippen molar-refractivity contribution in [2.45, 2.75) is 19.6 Å². The van der Waals surface area contributed by atoms with Crippen molar-refractivity contribution in [3.63, 3.8) is 0 Å². The van der Waals surface area contributed by atoms with Gasteiger partial charge in [0.25, 0.3) is 11.8 Å². The molecule has 1 aromatic carbocycles. The van der Waals surface area contributed by atoms with Gasteiger partial charge in [0.1, 0.15) is 5.75 Å². The number of carbonyl (C=O) groups is 2. The van der Waals surface area contributed by atoms with E-state index in [1.165, 1.54) is 0 Å². The topological polar surface area (TPSA) is 80.3 Å². The van der Waals surface area contributed by atoms with Crippen LogP contribution in [0.1, 0.15) is 22.8 Å². The molecule has 2 N–H and O–H groups in total. The van der Waals surface area contributed by atoms with Gasteiger partial charge in [-0.3, -0.25) is 14.6 Å². The minimum atomic E-state index is -0.496. The van der Waals surface area contributed by atoms with Crippen LogP contribution in [0.2, 0.25) is 0 Å². The van der Waals surface area contributed by atoms with Crippen LogP contribution in [0.15, 0.2) is 42.7 Å². The molecule has 1 aliphatic rings. The lowest BCUT2D eigenvalue weighted by molar-refractivity contribution is -0.122. The number of rotatable bonds is 3. The molecular formula is C16H16ClN3O3. The number of amides is 2. The Morgan fingerprint density at radius 3 is 2.78 bits per heavy atom. The Morgan fingerprint density at radius 1 is 1.30 bits per heavy atom. The zero-order valence-corrected chi connectivity index (χ0v) is 13.2. The minimum Gasteiger partial charge on any atom is -0.479 e. The fraction of sp³-hybridized carbons (Fsp3) is 0.188. The molecule has 2 heterocycles. The van der Waals surface area contributed by atoms with E-state index in [1.807, 2.05) is 6.07 Å². The van der Waals surface area contributed by atoms with Crippen molar-refractivity contribution in [2.75, 3.05) is 5.32 Å². The first-order valence-electron chi connectivity index (χ1n) is 6.92. The van der Waals surface area contributed by atoms with E-state index in [-0.39, 0.29) is 24.2 Å². The highest BCUT2D eigenvalue weighted by atomic mass is 35.5. The Bertz CT molecular complexity index is 722. The molecule has 0 saturated heterocycles. The second kappa shape index (κ2) is 7.11. The van der Waals surface area contributed by atoms with Crippen molar-refractivity contribution in [3.05, 3.63) is 53.9 Å². The maximum absolute atomic E-state index is 12.0. The summed E-state index contributed by atoms with van der Waals surface area (Å²) in [6, 6.07) is 8.75. The number of ether oxygens (including phenoxy) is 1. The van der Waals surface area contributed by atoms with Crippen LogP contribution < -0.4 is 15.4 Å². The molecule has 120 valence electrons. The number of nitrogens with zero attached hydrogens (tertiary/aromatic N) is 1. The van der Waals surface area contributed by atoms with E-state index in [4.69, 9.17) is 4.74 Å². The molecule has 0 spiro atoms. The summed E-state index contributed by atoms with van der Waals surface area (Å²) in [7, 11) is 0. The third-order valence-corrected chi connectivity index (χ3v) is 3.37. The number of fused-ring (bicyclic) bond motifs is 1. The fourth-order valence-corrected chi connectivity index (χ4v) is 2.15. The van der Waals surface area contributed by atoms with Crippen LogP contribution in [0.3, 0.4) is 0 Å². The third-order valence-electron chi connectivity index (χ3n) is 3.37. The van der Waals surface area contributed by atoms with E-state index in [1.54, 1.807) is 43.6 Å². The predicted molar refractivity (Wildman–Crippen MR) is 87.8 cm³/mol. The zero-order chi connectivity index (χ0) is 15.5. The molecule has 0 aliphatic carbocycles. The van der Waals surface area contributed by atoms with E-state index < -0.39 is 6.10 Å². The maximum atomic E-state index is 12.0. The molecule has 2 amide bonds. The quantitative estimate of drug-likeness (QED) is 0.902. The minimum absolute atomic E-state index is 0. The summed E-state index contributed by atoms with van der Waals surface area (Å²) in [6.07, 6.45) is 2.65. The molecule has 23 heavy (non-hydrogen) atoms. The van der Waals surface area contributed by atoms with Crippen molar-refractivity contribution in [3.8, 4) is 5.75 Å². The normalized spacial score (nSPS) is 15.5. The number of benzene rings is 1. The average Bonchev–Trinajstić information content (AvgIpc) is 2.54. The van der Waals surface area contributed by atoms with Crippen molar-refractivity contribution in [2.24, 2.45) is 0 Å². The van der Waals surface area contributed by atoms with Crippen molar-refractivity contribution >= 4 is 29.9 Å². The van der Waals surface area contributed by atoms with Gasteiger partial charge in [-0.25, -0.2) is 0 Å². The smallest absolute Gasteiger partial charge is 0.265 e. The average molecular weight is 334 g/mol. The number of halogens is 1. The summed E-state index contributed by atoms with van der Waals surface area (Å²) >= 11 is 0. The first-order chi connectivity index (χ1) is 10.6. The van der Waals surface area contributed by atoms with Crippen molar-refractivity contribution in [1.29, 1.82) is 0 Å². The number of hydrogen-bond donors (Lipinski definition) is 2. The summed E-state index contributed by atoms with van der Waals surface area (Å²) in [4.78, 5) is 27.4. The molecule has 3 rings (SSSR count). The van der Waals surface area contributed by atoms with Crippen LogP contribution in [-0.2, 0) is 11.3 Å². The Kier molecular flexibility index (Phi) is 5.18. The van der Waals surface area contributed by atoms with Gasteiger partial charge in [0, 0.05) is 24.5 Å². The molecule has 1 aromatic heterocycles. The second-order valence-corrected chi connectivity index (χ2v) is 5.00. The van der Waals surface area contributed by atoms with Crippen LogP contribution in [0.5, 0.6) is 5.75 Å². The molecule has 0 fully saturated rings. The molecule has 0 saturated carbocycles. The number of anilines is 1. The van der Waals surface area contributed by atoms with Crippen LogP contribution in [0, 0.1) is 0 Å². The summed E-state index contributed by atoms with van der Waals surface area (Å²) in [5, 5.41) is 5.61. The zero-order valence-electron chi connectivity index (χ0n) is 12.4. The lowest BCUT2D eigenvalue weighted by atomic mass is 10.1. The Balaban J connectivity index is 0.00000192. The SMILES string of the molecule is CC1Oc2ccc(CNC(=O)c3ccncc3)cc2NC1=O.Cl. The Hall–Kier alpha value is -2.60. The number of aromatic nitrogens is 1. The summed E-state index contributed by atoms with van der Waals surface area (Å²) in [5.41, 5.74) is 2.05. The molecule has 1 unspecified atom stereocenters. The highest BCUT2D eigenvalue weighted by molar-refractivity contribution is 5.97. The van der Waals surface area contributed by atoms with Gasteiger partial charge in [-0.15, -0.1) is 12.4 Å². The van der Waals surface area contributed by atoms with Crippen molar-refractivity contribution in [1.82, 2.24) is 10.3 Å². The van der Waals surface area contributed by atoms with Gasteiger partial charge in [-0.1, -0.05) is 6.07 Å². The summed E-state index contributed by atoms with van der Waals surface area (Å²) in [5.74, 6) is 0.288. The highest BCUT2D eigenvalue weighted by Crippen LogP contribution is 2.30. The number of pyridine rings is 1. The molecule has 1 aliphatic heterocycles. The van der Waals surface area contributed by atoms with Gasteiger partial charge in [0.2, 0.25) is 0 Å². The Labute approximate surface area is 139 Å². The second-order valence-electron chi connectivity index (χ2n) is 5.00. The van der Waals surface area contributed by atoms with E-state index >= 15 is 0 Å². The third kappa shape index (κ3) is 3.78. The Morgan fingerprint density at radius 2 is 2.04 bits per heavy atom. The molecule has 0 radical (unpaired) electrons. The summed E-state index contributed by atoms with van der Waals surface area (Å²) < 4.78 is 5.49. The monoisotopic (exact) mass is 333 g/mol. The highest BCUT2D eigenvalue weighted by Gasteiger charge is 2.23. The molecule has 1 atom stereocenters. The number of nitrogens with one attached hydrogen (secondary N) is 2. The van der Waals surface area contributed by atoms with Crippen LogP contribution in [0.4, 0.5) is 5.69 Å². The molecule has 6 nitrogen and oxygen atoms in total. The van der Waals surface area contributed by atoms with Crippen LogP contribution in [-0.4, -0.2) is 22.9 Å². The van der Waals surface area contributed by atoms with Crippen LogP contribution in [0.25, 0.3) is 0 Å². The van der Waals surface area contributed by atoms with E-state index in [0.717, 1.165) is 5.56 Å². The number of carbonyl (C=O) groups excluding carboxylic acids is 2. The van der Waals surface area contributed by atoms with Crippen LogP contribution >= 0.6 is 12.4 Å². The van der Waals surface area contributed by atoms with Gasteiger partial charge in [-0.05, 0) is 36.8 Å². The largest absolute Gasteiger partial charge is 0.479 e. The first-order valence-corrected chi connectivity index (χ1v) is 6.92. The van der Waals surface area contributed by atoms with E-state index in [0.29, 0.717) is 23.5 Å². The van der Waals surface area contributed by atoms with Crippen molar-refractivity contribution < 1.29 is 14.3 Å². The van der Waals surface area contributed by atoms with E-state index in [9.17, 15) is 9.59 Å². The maximum Gasteiger partial charge on any atom is 0.265 e. The van der Waals surface area contributed by atoms with Gasteiger partial charge in [0.05, 0.1) is 5.69 Å². The molecular weight excluding hydrogens is 318 g/mol. The van der Waals surface area contributed by atoms with Gasteiger partial charge < -0.3 is 15.4 Å². The van der Waals surface area contributed by atoms with E-state index in [2.05, 4.69) is 15.6 Å². The number of hydrogen-bond acceptors (Lipinski definition) is 4. The molecule has 2 aromatic rings. The molecule has 0 bridgehead atoms. The standard InChI is InChI=1S/C16H15N3O3.ClH/c1-10-15(20)19-13-8-11(2-3-14(13)22-10)9-18-16(21)12-4-6-17-7-5-12;/h2-8,10H,9H2,1H3,(H,18,21)(H,19,20);1H. The van der Waals surface area contributed by atoms with Gasteiger partial charge >= 0.3 is 0 Å². The van der Waals surface area contributed by atoms with Gasteiger partial charge in [-0.2, -0.15) is 0 Å². The summed E-state index contributed by atoms with van der Waals surface area (Å²) in [6.45, 7) is 2.06. The lowest BCUT2D eigenvalue weighted by Crippen LogP contribution is -2.34. The lowest BCUT2D eigenvalue weighted by Gasteiger charge is -2.23. The first kappa shape index (κ1) is 16.8. The molecule has 7 heteroatoms. The van der Waals surface area contributed by atoms with Gasteiger partial charge in [0.15, 0.2) is 6.10 Å². The fourth-order valence-electron chi connectivity index (χ4n) is 2.15. The predicted octanol–water partition coefficient (Wildman–Crippen LogP) is 2.15.